The van der Waals surface area contributed by atoms with E-state index in [1.165, 1.54) is 27.6 Å². The van der Waals surface area contributed by atoms with Gasteiger partial charge in [-0.1, -0.05) is 30.3 Å². The Morgan fingerprint density at radius 1 is 0.906 bits per heavy atom. The van der Waals surface area contributed by atoms with Crippen molar-refractivity contribution in [3.8, 4) is 39.8 Å². The molecule has 32 heavy (non-hydrogen) atoms. The van der Waals surface area contributed by atoms with Crippen molar-refractivity contribution in [1.82, 2.24) is 10.2 Å². The van der Waals surface area contributed by atoms with Gasteiger partial charge < -0.3 is 27.8 Å². The largest absolute Gasteiger partial charge is 0.493 e. The summed E-state index contributed by atoms with van der Waals surface area (Å²) in [6, 6.07) is 14.5. The van der Waals surface area contributed by atoms with Gasteiger partial charge in [-0.25, -0.2) is 4.79 Å². The van der Waals surface area contributed by atoms with E-state index in [1.807, 2.05) is 30.3 Å². The van der Waals surface area contributed by atoms with Gasteiger partial charge >= 0.3 is 5.97 Å². The number of carbonyl (C=O) groups excluding carboxylic acids is 1. The van der Waals surface area contributed by atoms with Gasteiger partial charge in [0.1, 0.15) is 0 Å². The molecule has 2 heterocycles. The number of benzene rings is 2. The first-order valence-corrected chi connectivity index (χ1v) is 9.57. The summed E-state index contributed by atoms with van der Waals surface area (Å²) in [5.74, 6) is 1.12. The first-order chi connectivity index (χ1) is 15.6. The van der Waals surface area contributed by atoms with E-state index in [9.17, 15) is 4.79 Å². The van der Waals surface area contributed by atoms with Crippen LogP contribution in [0.2, 0.25) is 0 Å². The number of aromatic nitrogens is 2. The molecule has 4 rings (SSSR count). The molecular weight excluding hydrogens is 416 g/mol. The van der Waals surface area contributed by atoms with Crippen LogP contribution >= 0.6 is 0 Å². The standard InChI is InChI=1S/C23H20N2O7/c1-27-17-11-15(12-18(28-2)21(17)29-3)22-25-24-19(32-22)13-31-23(26)20-16(9-10-30-20)14-7-5-4-6-8-14/h4-12H,13H2,1-3H3. The fraction of sp³-hybridized carbons (Fsp3) is 0.174. The quantitative estimate of drug-likeness (QED) is 0.372. The van der Waals surface area contributed by atoms with Gasteiger partial charge in [-0.2, -0.15) is 0 Å². The minimum absolute atomic E-state index is 0.0977. The summed E-state index contributed by atoms with van der Waals surface area (Å²) in [7, 11) is 4.54. The maximum Gasteiger partial charge on any atom is 0.375 e. The first kappa shape index (κ1) is 21.0. The Morgan fingerprint density at radius 3 is 2.28 bits per heavy atom. The highest BCUT2D eigenvalue weighted by molar-refractivity contribution is 5.94. The lowest BCUT2D eigenvalue weighted by Gasteiger charge is -2.12. The molecule has 0 bridgehead atoms. The molecule has 2 aromatic heterocycles. The minimum Gasteiger partial charge on any atom is -0.493 e. The normalized spacial score (nSPS) is 10.6. The molecule has 0 saturated carbocycles. The van der Waals surface area contributed by atoms with E-state index in [2.05, 4.69) is 10.2 Å². The summed E-state index contributed by atoms with van der Waals surface area (Å²) in [5.41, 5.74) is 2.04. The second-order valence-corrected chi connectivity index (χ2v) is 6.52. The van der Waals surface area contributed by atoms with Crippen LogP contribution in [0.3, 0.4) is 0 Å². The fourth-order valence-electron chi connectivity index (χ4n) is 3.14. The molecule has 0 unspecified atom stereocenters. The van der Waals surface area contributed by atoms with Gasteiger partial charge in [0, 0.05) is 11.1 Å². The molecule has 0 N–H and O–H groups in total. The third kappa shape index (κ3) is 4.13. The van der Waals surface area contributed by atoms with E-state index in [1.54, 1.807) is 18.2 Å². The van der Waals surface area contributed by atoms with Crippen LogP contribution in [0.4, 0.5) is 0 Å². The molecule has 4 aromatic rings. The van der Waals surface area contributed by atoms with E-state index < -0.39 is 5.97 Å². The zero-order chi connectivity index (χ0) is 22.5. The van der Waals surface area contributed by atoms with E-state index in [4.69, 9.17) is 27.8 Å². The van der Waals surface area contributed by atoms with Crippen molar-refractivity contribution in [2.24, 2.45) is 0 Å². The molecule has 0 aliphatic heterocycles. The lowest BCUT2D eigenvalue weighted by Crippen LogP contribution is -2.05. The molecule has 0 atom stereocenters. The average molecular weight is 436 g/mol. The SMILES string of the molecule is COc1cc(-c2nnc(COC(=O)c3occc3-c3ccccc3)o2)cc(OC)c1OC. The third-order valence-corrected chi connectivity index (χ3v) is 4.64. The Morgan fingerprint density at radius 2 is 1.62 bits per heavy atom. The molecule has 0 saturated heterocycles. The van der Waals surface area contributed by atoms with Gasteiger partial charge in [-0.05, 0) is 23.8 Å². The van der Waals surface area contributed by atoms with Gasteiger partial charge in [-0.15, -0.1) is 10.2 Å². The van der Waals surface area contributed by atoms with Gasteiger partial charge in [0.25, 0.3) is 5.89 Å². The number of methoxy groups -OCH3 is 3. The van der Waals surface area contributed by atoms with Crippen LogP contribution in [0.25, 0.3) is 22.6 Å². The van der Waals surface area contributed by atoms with Crippen LogP contribution in [0, 0.1) is 0 Å². The number of hydrogen-bond acceptors (Lipinski definition) is 9. The minimum atomic E-state index is -0.638. The zero-order valence-electron chi connectivity index (χ0n) is 17.7. The van der Waals surface area contributed by atoms with Crippen LogP contribution in [-0.4, -0.2) is 37.5 Å². The highest BCUT2D eigenvalue weighted by Gasteiger charge is 2.21. The summed E-state index contributed by atoms with van der Waals surface area (Å²) < 4.78 is 32.3. The van der Waals surface area contributed by atoms with Crippen LogP contribution in [0.5, 0.6) is 17.2 Å². The Labute approximate surface area is 183 Å². The van der Waals surface area contributed by atoms with Gasteiger partial charge in [0.2, 0.25) is 17.4 Å². The maximum atomic E-state index is 12.5. The molecule has 164 valence electrons. The summed E-state index contributed by atoms with van der Waals surface area (Å²) >= 11 is 0. The number of rotatable bonds is 8. The van der Waals surface area contributed by atoms with E-state index >= 15 is 0 Å². The Hall–Kier alpha value is -4.27. The van der Waals surface area contributed by atoms with Gasteiger partial charge in [-0.3, -0.25) is 0 Å². The molecule has 9 nitrogen and oxygen atoms in total. The zero-order valence-corrected chi connectivity index (χ0v) is 17.7. The lowest BCUT2D eigenvalue weighted by molar-refractivity contribution is 0.0403. The summed E-state index contributed by atoms with van der Waals surface area (Å²) in [4.78, 5) is 12.5. The molecule has 0 aliphatic rings. The second kappa shape index (κ2) is 9.25. The highest BCUT2D eigenvalue weighted by atomic mass is 16.6. The van der Waals surface area contributed by atoms with Crippen LogP contribution in [0.1, 0.15) is 16.4 Å². The van der Waals surface area contributed by atoms with Gasteiger partial charge in [0.15, 0.2) is 18.1 Å². The van der Waals surface area contributed by atoms with Crippen LogP contribution in [-0.2, 0) is 11.3 Å². The second-order valence-electron chi connectivity index (χ2n) is 6.52. The van der Waals surface area contributed by atoms with Crippen molar-refractivity contribution in [1.29, 1.82) is 0 Å². The number of carbonyl (C=O) groups is 1. The Balaban J connectivity index is 1.49. The number of furan rings is 1. The van der Waals surface area contributed by atoms with E-state index in [-0.39, 0.29) is 24.1 Å². The molecule has 9 heteroatoms. The number of nitrogens with zero attached hydrogens (tertiary/aromatic N) is 2. The highest BCUT2D eigenvalue weighted by Crippen LogP contribution is 2.40. The van der Waals surface area contributed by atoms with Crippen molar-refractivity contribution >= 4 is 5.97 Å². The molecular formula is C23H20N2O7. The van der Waals surface area contributed by atoms with Crippen molar-refractivity contribution in [3.63, 3.8) is 0 Å². The molecule has 0 aliphatic carbocycles. The fourth-order valence-corrected chi connectivity index (χ4v) is 3.14. The number of ether oxygens (including phenoxy) is 4. The van der Waals surface area contributed by atoms with E-state index in [0.29, 0.717) is 28.4 Å². The predicted molar refractivity (Wildman–Crippen MR) is 113 cm³/mol. The topological polar surface area (TPSA) is 106 Å². The first-order valence-electron chi connectivity index (χ1n) is 9.57. The summed E-state index contributed by atoms with van der Waals surface area (Å²) in [6.45, 7) is -0.217. The lowest BCUT2D eigenvalue weighted by atomic mass is 10.1. The molecule has 0 spiro atoms. The summed E-state index contributed by atoms with van der Waals surface area (Å²) in [5, 5.41) is 7.96. The maximum absolute atomic E-state index is 12.5. The predicted octanol–water partition coefficient (Wildman–Crippen LogP) is 4.38. The van der Waals surface area contributed by atoms with Crippen molar-refractivity contribution in [2.75, 3.05) is 21.3 Å². The Bertz CT molecular complexity index is 1190. The van der Waals surface area contributed by atoms with Crippen molar-refractivity contribution in [2.45, 2.75) is 6.61 Å². The third-order valence-electron chi connectivity index (χ3n) is 4.64. The average Bonchev–Trinajstić information content (AvgIpc) is 3.52. The van der Waals surface area contributed by atoms with Crippen molar-refractivity contribution < 1.29 is 32.6 Å². The monoisotopic (exact) mass is 436 g/mol. The molecule has 0 amide bonds. The van der Waals surface area contributed by atoms with Crippen LogP contribution in [0.15, 0.2) is 63.6 Å². The Kier molecular flexibility index (Phi) is 6.07. The number of hydrogen-bond donors (Lipinski definition) is 0. The smallest absolute Gasteiger partial charge is 0.375 e. The van der Waals surface area contributed by atoms with E-state index in [0.717, 1.165) is 5.56 Å². The number of esters is 1. The molecule has 2 aromatic carbocycles. The van der Waals surface area contributed by atoms with Crippen molar-refractivity contribution in [3.05, 3.63) is 66.4 Å². The summed E-state index contributed by atoms with van der Waals surface area (Å²) in [6.07, 6.45) is 1.44. The molecule has 0 radical (unpaired) electrons. The van der Waals surface area contributed by atoms with Crippen LogP contribution < -0.4 is 14.2 Å². The molecule has 0 fully saturated rings. The van der Waals surface area contributed by atoms with Gasteiger partial charge in [0.05, 0.1) is 27.6 Å².